The molecule has 0 radical (unpaired) electrons. The predicted molar refractivity (Wildman–Crippen MR) is 237 cm³/mol. The number of hydrogen-bond acceptors (Lipinski definition) is 17. The standard InChI is InChI=1S/C47H73NO17/c1-27-17-15-13-11-9-7-5-6-8-10-12-14-16-18-34(64-46-44(58)41(48)43(57)30(4)63-46)24-38-40(45(59)60)37(54)26-47(61,65-38)25-33(51)22-36(53)35(52)20-19-31(49)21-32(50)23-39(55)62-29(3)28(2)42(27)56/h5-18,27-38,40-44,46,49-54,56-58,61H,19-26,48H2,1-4H3,(H,59,60)/b6-5+,9-7+,10-8+,13-11+,14-12+,17-15+,18-16+/t27-,28-,29-,30?,31+,32+,33-,34-,35+,36+,37-,38-,40+,41?,42+,43?,44?,46?,47+/m0/s1. The number of allylic oxidation sites excluding steroid dienone is 12. The molecule has 0 saturated carbocycles. The Hall–Kier alpha value is -3.44. The molecule has 13 N–H and O–H groups in total. The van der Waals surface area contributed by atoms with Gasteiger partial charge >= 0.3 is 11.9 Å². The molecule has 0 aromatic heterocycles. The molecule has 0 amide bonds. The summed E-state index contributed by atoms with van der Waals surface area (Å²) in [5.41, 5.74) is 6.02. The normalized spacial score (nSPS) is 45.5. The summed E-state index contributed by atoms with van der Waals surface area (Å²) in [6.45, 7) is 6.74. The van der Waals surface area contributed by atoms with E-state index in [-0.39, 0.29) is 31.6 Å². The SMILES string of the molecule is CC1OC(O[C@H]2/C=C/C=C/C=C/C=C/C=C/C=C/C=C/[C@H](C)[C@@H](O)[C@@H](C)[C@H](C)OC(=O)C[C@H](O)C[C@H](O)CC[C@@H](O)[C@H](O)C[C@H](O)C[C@]3(O)C[C@H](O)[C@@H](C(=O)O)[C@H](C2)O3)C(O)C(N)C1O. The smallest absolute Gasteiger partial charge is 0.311 e. The Morgan fingerprint density at radius 3 is 1.82 bits per heavy atom. The molecule has 368 valence electrons. The van der Waals surface area contributed by atoms with E-state index in [2.05, 4.69) is 0 Å². The van der Waals surface area contributed by atoms with E-state index in [0.717, 1.165) is 0 Å². The van der Waals surface area contributed by atoms with E-state index in [0.29, 0.717) is 0 Å². The number of hydrogen-bond donors (Lipinski definition) is 12. The van der Waals surface area contributed by atoms with Crippen LogP contribution in [0.1, 0.15) is 79.1 Å². The topological polar surface area (TPSA) is 320 Å². The number of ether oxygens (including phenoxy) is 4. The van der Waals surface area contributed by atoms with E-state index in [1.165, 1.54) is 13.0 Å². The van der Waals surface area contributed by atoms with Crippen molar-refractivity contribution in [2.24, 2.45) is 23.5 Å². The molecule has 19 atom stereocenters. The quantitative estimate of drug-likeness (QED) is 0.174. The van der Waals surface area contributed by atoms with Gasteiger partial charge in [-0.2, -0.15) is 0 Å². The first-order valence-corrected chi connectivity index (χ1v) is 22.3. The summed E-state index contributed by atoms with van der Waals surface area (Å²) in [5.74, 6) is -6.83. The second-order valence-corrected chi connectivity index (χ2v) is 17.6. The van der Waals surface area contributed by atoms with Gasteiger partial charge in [0.15, 0.2) is 12.1 Å². The van der Waals surface area contributed by atoms with Crippen molar-refractivity contribution in [2.75, 3.05) is 0 Å². The van der Waals surface area contributed by atoms with Gasteiger partial charge in [-0.1, -0.05) is 98.9 Å². The monoisotopic (exact) mass is 923 g/mol. The van der Waals surface area contributed by atoms with Crippen molar-refractivity contribution in [1.82, 2.24) is 0 Å². The summed E-state index contributed by atoms with van der Waals surface area (Å²) in [6.07, 6.45) is 3.46. The average molecular weight is 924 g/mol. The molecular formula is C47H73NO17. The van der Waals surface area contributed by atoms with Crippen molar-refractivity contribution in [3.63, 3.8) is 0 Å². The fraction of sp³-hybridized carbons (Fsp3) is 0.660. The van der Waals surface area contributed by atoms with Gasteiger partial charge < -0.3 is 80.9 Å². The number of esters is 1. The average Bonchev–Trinajstić information content (AvgIpc) is 3.21. The molecule has 0 spiro atoms. The summed E-state index contributed by atoms with van der Waals surface area (Å²) >= 11 is 0. The molecule has 0 aromatic carbocycles. The molecule has 3 aliphatic rings. The second kappa shape index (κ2) is 27.4. The first-order chi connectivity index (χ1) is 30.6. The number of carbonyl (C=O) groups excluding carboxylic acids is 1. The maximum Gasteiger partial charge on any atom is 0.311 e. The largest absolute Gasteiger partial charge is 0.481 e. The number of carboxylic acid groups (broad SMARTS) is 1. The minimum absolute atomic E-state index is 0.107. The van der Waals surface area contributed by atoms with Crippen molar-refractivity contribution in [3.05, 3.63) is 85.1 Å². The number of aliphatic carboxylic acids is 1. The molecule has 65 heavy (non-hydrogen) atoms. The van der Waals surface area contributed by atoms with Crippen LogP contribution in [0.15, 0.2) is 85.1 Å². The van der Waals surface area contributed by atoms with Crippen LogP contribution in [0.3, 0.4) is 0 Å². The van der Waals surface area contributed by atoms with E-state index in [9.17, 15) is 65.8 Å². The fourth-order valence-electron chi connectivity index (χ4n) is 7.97. The van der Waals surface area contributed by atoms with Gasteiger partial charge in [0.2, 0.25) is 0 Å². The highest BCUT2D eigenvalue weighted by Gasteiger charge is 2.51. The first-order valence-electron chi connectivity index (χ1n) is 22.3. The van der Waals surface area contributed by atoms with Gasteiger partial charge in [-0.25, -0.2) is 0 Å². The van der Waals surface area contributed by atoms with E-state index in [4.69, 9.17) is 24.7 Å². The highest BCUT2D eigenvalue weighted by atomic mass is 16.7. The summed E-state index contributed by atoms with van der Waals surface area (Å²) < 4.78 is 23.1. The first kappa shape index (κ1) is 55.9. The van der Waals surface area contributed by atoms with Gasteiger partial charge in [0, 0.05) is 37.5 Å². The van der Waals surface area contributed by atoms with Crippen LogP contribution < -0.4 is 5.73 Å². The Kier molecular flexibility index (Phi) is 23.6. The van der Waals surface area contributed by atoms with Crippen molar-refractivity contribution >= 4 is 11.9 Å². The number of carboxylic acids is 1. The Balaban J connectivity index is 1.86. The van der Waals surface area contributed by atoms with Crippen LogP contribution in [0.25, 0.3) is 0 Å². The lowest BCUT2D eigenvalue weighted by Gasteiger charge is -2.45. The molecule has 5 unspecified atom stereocenters. The minimum Gasteiger partial charge on any atom is -0.481 e. The second-order valence-electron chi connectivity index (χ2n) is 17.6. The fourth-order valence-corrected chi connectivity index (χ4v) is 7.97. The number of fused-ring (bicyclic) bond motifs is 2. The van der Waals surface area contributed by atoms with Crippen molar-refractivity contribution in [3.8, 4) is 0 Å². The zero-order valence-electron chi connectivity index (χ0n) is 37.6. The summed E-state index contributed by atoms with van der Waals surface area (Å²) in [5, 5.41) is 118. The van der Waals surface area contributed by atoms with Crippen LogP contribution in [0.2, 0.25) is 0 Å². The molecule has 18 nitrogen and oxygen atoms in total. The molecule has 2 saturated heterocycles. The summed E-state index contributed by atoms with van der Waals surface area (Å²) in [6, 6.07) is -1.15. The van der Waals surface area contributed by atoms with Crippen LogP contribution in [-0.4, -0.2) is 166 Å². The lowest BCUT2D eigenvalue weighted by Crippen LogP contribution is -2.61. The van der Waals surface area contributed by atoms with Crippen LogP contribution in [0.5, 0.6) is 0 Å². The highest BCUT2D eigenvalue weighted by molar-refractivity contribution is 5.71. The summed E-state index contributed by atoms with van der Waals surface area (Å²) in [4.78, 5) is 25.1. The Bertz CT molecular complexity index is 1670. The summed E-state index contributed by atoms with van der Waals surface area (Å²) in [7, 11) is 0. The van der Waals surface area contributed by atoms with Gasteiger partial charge in [-0.05, 0) is 33.1 Å². The number of rotatable bonds is 3. The van der Waals surface area contributed by atoms with E-state index < -0.39 is 147 Å². The molecule has 0 aliphatic carbocycles. The molecule has 0 aromatic rings. The molecule has 2 bridgehead atoms. The lowest BCUT2D eigenvalue weighted by atomic mass is 9.82. The zero-order chi connectivity index (χ0) is 48.4. The number of cyclic esters (lactones) is 1. The lowest BCUT2D eigenvalue weighted by molar-refractivity contribution is -0.308. The minimum atomic E-state index is -2.33. The van der Waals surface area contributed by atoms with Crippen LogP contribution >= 0.6 is 0 Å². The van der Waals surface area contributed by atoms with Crippen molar-refractivity contribution in [2.45, 2.75) is 177 Å². The number of aliphatic hydroxyl groups excluding tert-OH is 9. The van der Waals surface area contributed by atoms with Crippen molar-refractivity contribution in [1.29, 1.82) is 0 Å². The number of aliphatic hydroxyl groups is 10. The van der Waals surface area contributed by atoms with Crippen LogP contribution in [-0.2, 0) is 28.5 Å². The maximum absolute atomic E-state index is 12.6. The van der Waals surface area contributed by atoms with Crippen LogP contribution in [0, 0.1) is 17.8 Å². The third kappa shape index (κ3) is 18.6. The van der Waals surface area contributed by atoms with Gasteiger partial charge in [-0.15, -0.1) is 0 Å². The van der Waals surface area contributed by atoms with E-state index in [1.807, 2.05) is 19.1 Å². The highest BCUT2D eigenvalue weighted by Crippen LogP contribution is 2.38. The third-order valence-electron chi connectivity index (χ3n) is 12.0. The van der Waals surface area contributed by atoms with E-state index in [1.54, 1.807) is 80.7 Å². The third-order valence-corrected chi connectivity index (χ3v) is 12.0. The molecule has 3 aliphatic heterocycles. The molecule has 3 heterocycles. The Morgan fingerprint density at radius 1 is 0.662 bits per heavy atom. The zero-order valence-corrected chi connectivity index (χ0v) is 37.6. The number of carbonyl (C=O) groups is 2. The van der Waals surface area contributed by atoms with Gasteiger partial charge in [0.05, 0.1) is 79.6 Å². The Labute approximate surface area is 381 Å². The maximum atomic E-state index is 12.6. The van der Waals surface area contributed by atoms with E-state index >= 15 is 0 Å². The number of nitrogens with two attached hydrogens (primary N) is 1. The van der Waals surface area contributed by atoms with Crippen molar-refractivity contribution < 1.29 is 84.7 Å². The van der Waals surface area contributed by atoms with Crippen LogP contribution in [0.4, 0.5) is 0 Å². The molecule has 3 rings (SSSR count). The predicted octanol–water partition coefficient (Wildman–Crippen LogP) is 0.712. The van der Waals surface area contributed by atoms with Gasteiger partial charge in [-0.3, -0.25) is 9.59 Å². The molecular weight excluding hydrogens is 851 g/mol. The molecule has 18 heteroatoms. The van der Waals surface area contributed by atoms with Gasteiger partial charge in [0.1, 0.15) is 18.1 Å². The van der Waals surface area contributed by atoms with Gasteiger partial charge in [0.25, 0.3) is 0 Å². The Morgan fingerprint density at radius 2 is 1.23 bits per heavy atom. The molecule has 2 fully saturated rings.